The van der Waals surface area contributed by atoms with E-state index in [-0.39, 0.29) is 6.61 Å². The fourth-order valence-electron chi connectivity index (χ4n) is 1.31. The molecule has 1 heterocycles. The Kier molecular flexibility index (Phi) is 4.94. The summed E-state index contributed by atoms with van der Waals surface area (Å²) in [6.45, 7) is 7.02. The Bertz CT molecular complexity index is 499. The largest absolute Gasteiger partial charge is 0.365 e. The van der Waals surface area contributed by atoms with Crippen molar-refractivity contribution in [1.29, 1.82) is 0 Å². The molecule has 2 N–H and O–H groups in total. The number of ether oxygens (including phenoxy) is 1. The van der Waals surface area contributed by atoms with Crippen LogP contribution in [0.4, 0.5) is 0 Å². The molecule has 0 aliphatic heterocycles. The quantitative estimate of drug-likeness (QED) is 0.769. The number of aryl methyl sites for hydroxylation is 1. The van der Waals surface area contributed by atoms with Gasteiger partial charge in [0.1, 0.15) is 11.4 Å². The summed E-state index contributed by atoms with van der Waals surface area (Å²) >= 11 is 0. The summed E-state index contributed by atoms with van der Waals surface area (Å²) in [5, 5.41) is 4.20. The first-order valence-electron chi connectivity index (χ1n) is 5.39. The van der Waals surface area contributed by atoms with Gasteiger partial charge in [-0.2, -0.15) is 0 Å². The molecule has 100 valence electrons. The second kappa shape index (κ2) is 6.03. The van der Waals surface area contributed by atoms with Crippen molar-refractivity contribution < 1.29 is 13.2 Å². The highest BCUT2D eigenvalue weighted by Gasteiger charge is 2.30. The predicted molar refractivity (Wildman–Crippen MR) is 68.2 cm³/mol. The maximum absolute atomic E-state index is 11.4. The van der Waals surface area contributed by atoms with Crippen LogP contribution in [0.1, 0.15) is 24.4 Å². The maximum atomic E-state index is 11.4. The van der Waals surface area contributed by atoms with E-state index in [1.54, 1.807) is 12.4 Å². The van der Waals surface area contributed by atoms with E-state index in [0.717, 1.165) is 5.56 Å². The molecule has 2 atom stereocenters. The summed E-state index contributed by atoms with van der Waals surface area (Å²) in [5.41, 5.74) is 0.879. The topological polar surface area (TPSA) is 95.2 Å². The van der Waals surface area contributed by atoms with Gasteiger partial charge in [0, 0.05) is 12.4 Å². The van der Waals surface area contributed by atoms with Crippen LogP contribution < -0.4 is 5.14 Å². The Labute approximate surface area is 107 Å². The first kappa shape index (κ1) is 14.7. The Morgan fingerprint density at radius 2 is 2.06 bits per heavy atom. The molecule has 7 heteroatoms. The van der Waals surface area contributed by atoms with Crippen molar-refractivity contribution in [2.75, 3.05) is 6.61 Å². The van der Waals surface area contributed by atoms with Crippen LogP contribution in [0.3, 0.4) is 0 Å². The van der Waals surface area contributed by atoms with Crippen molar-refractivity contribution in [3.8, 4) is 0 Å². The summed E-state index contributed by atoms with van der Waals surface area (Å²) in [6, 6.07) is 0. The molecule has 0 amide bonds. The number of nitrogens with two attached hydrogens (primary N) is 1. The van der Waals surface area contributed by atoms with Gasteiger partial charge in [0.25, 0.3) is 0 Å². The molecule has 0 unspecified atom stereocenters. The molecule has 0 saturated heterocycles. The van der Waals surface area contributed by atoms with Gasteiger partial charge in [-0.3, -0.25) is 0 Å². The zero-order valence-corrected chi connectivity index (χ0v) is 11.2. The van der Waals surface area contributed by atoms with Gasteiger partial charge in [-0.1, -0.05) is 6.08 Å². The molecule has 1 rings (SSSR count). The number of aromatic nitrogens is 2. The van der Waals surface area contributed by atoms with E-state index in [2.05, 4.69) is 16.5 Å². The van der Waals surface area contributed by atoms with Gasteiger partial charge in [0.15, 0.2) is 5.82 Å². The van der Waals surface area contributed by atoms with Gasteiger partial charge in [-0.25, -0.2) is 23.5 Å². The van der Waals surface area contributed by atoms with Gasteiger partial charge in [0.2, 0.25) is 10.0 Å². The lowest BCUT2D eigenvalue weighted by Gasteiger charge is -2.20. The van der Waals surface area contributed by atoms with Crippen LogP contribution >= 0.6 is 0 Å². The minimum atomic E-state index is -3.73. The molecule has 18 heavy (non-hydrogen) atoms. The van der Waals surface area contributed by atoms with Crippen LogP contribution in [0.25, 0.3) is 0 Å². The van der Waals surface area contributed by atoms with E-state index < -0.39 is 21.4 Å². The lowest BCUT2D eigenvalue weighted by molar-refractivity contribution is 0.0669. The lowest BCUT2D eigenvalue weighted by atomic mass is 10.2. The second-order valence-electron chi connectivity index (χ2n) is 3.96. The molecule has 0 saturated carbocycles. The summed E-state index contributed by atoms with van der Waals surface area (Å²) in [4.78, 5) is 8.15. The highest BCUT2D eigenvalue weighted by atomic mass is 32.2. The van der Waals surface area contributed by atoms with Crippen molar-refractivity contribution in [2.45, 2.75) is 25.2 Å². The number of primary sulfonamides is 1. The van der Waals surface area contributed by atoms with Gasteiger partial charge < -0.3 is 4.74 Å². The maximum Gasteiger partial charge on any atom is 0.214 e. The minimum absolute atomic E-state index is 0.196. The normalized spacial score (nSPS) is 15.1. The van der Waals surface area contributed by atoms with E-state index in [9.17, 15) is 8.42 Å². The molecule has 0 bridgehead atoms. The molecule has 0 aliphatic carbocycles. The van der Waals surface area contributed by atoms with Crippen molar-refractivity contribution in [2.24, 2.45) is 5.14 Å². The molecule has 1 aromatic rings. The fourth-order valence-corrected chi connectivity index (χ4v) is 1.86. The Balaban J connectivity index is 3.04. The van der Waals surface area contributed by atoms with Gasteiger partial charge in [0.05, 0.1) is 6.61 Å². The zero-order valence-electron chi connectivity index (χ0n) is 10.4. The SMILES string of the molecule is C=CCO[C@@H](c1ncc(C)cn1)[C@@H](C)S(N)(=O)=O. The van der Waals surface area contributed by atoms with E-state index in [1.165, 1.54) is 13.0 Å². The summed E-state index contributed by atoms with van der Waals surface area (Å²) < 4.78 is 28.2. The smallest absolute Gasteiger partial charge is 0.214 e. The molecular formula is C11H17N3O3S. The lowest BCUT2D eigenvalue weighted by Crippen LogP contribution is -2.33. The van der Waals surface area contributed by atoms with E-state index >= 15 is 0 Å². The van der Waals surface area contributed by atoms with Crippen molar-refractivity contribution in [3.63, 3.8) is 0 Å². The highest BCUT2D eigenvalue weighted by Crippen LogP contribution is 2.21. The average Bonchev–Trinajstić information content (AvgIpc) is 2.30. The van der Waals surface area contributed by atoms with Crippen LogP contribution in [0.5, 0.6) is 0 Å². The van der Waals surface area contributed by atoms with E-state index in [1.807, 2.05) is 6.92 Å². The Morgan fingerprint density at radius 1 is 1.50 bits per heavy atom. The summed E-state index contributed by atoms with van der Waals surface area (Å²) in [5.74, 6) is 0.295. The van der Waals surface area contributed by atoms with Crippen LogP contribution in [0.2, 0.25) is 0 Å². The van der Waals surface area contributed by atoms with Gasteiger partial charge >= 0.3 is 0 Å². The van der Waals surface area contributed by atoms with Crippen LogP contribution in [-0.4, -0.2) is 30.2 Å². The van der Waals surface area contributed by atoms with Gasteiger partial charge in [-0.15, -0.1) is 6.58 Å². The monoisotopic (exact) mass is 271 g/mol. The predicted octanol–water partition coefficient (Wildman–Crippen LogP) is 0.706. The van der Waals surface area contributed by atoms with E-state index in [4.69, 9.17) is 9.88 Å². The molecule has 1 aromatic heterocycles. The van der Waals surface area contributed by atoms with Crippen molar-refractivity contribution in [3.05, 3.63) is 36.4 Å². The third-order valence-electron chi connectivity index (χ3n) is 2.39. The summed E-state index contributed by atoms with van der Waals surface area (Å²) in [7, 11) is -3.73. The number of hydrogen-bond acceptors (Lipinski definition) is 5. The first-order valence-corrected chi connectivity index (χ1v) is 7.00. The average molecular weight is 271 g/mol. The summed E-state index contributed by atoms with van der Waals surface area (Å²) in [6.07, 6.45) is 3.92. The number of hydrogen-bond donors (Lipinski definition) is 1. The Morgan fingerprint density at radius 3 is 2.50 bits per heavy atom. The van der Waals surface area contributed by atoms with Crippen LogP contribution in [0.15, 0.2) is 25.0 Å². The van der Waals surface area contributed by atoms with Crippen LogP contribution in [0, 0.1) is 6.92 Å². The number of sulfonamides is 1. The molecule has 0 fully saturated rings. The number of nitrogens with zero attached hydrogens (tertiary/aromatic N) is 2. The van der Waals surface area contributed by atoms with Gasteiger partial charge in [-0.05, 0) is 19.4 Å². The molecule has 0 aliphatic rings. The molecule has 0 radical (unpaired) electrons. The molecule has 0 aromatic carbocycles. The zero-order chi connectivity index (χ0) is 13.8. The van der Waals surface area contributed by atoms with Crippen LogP contribution in [-0.2, 0) is 14.8 Å². The second-order valence-corrected chi connectivity index (χ2v) is 5.88. The standard InChI is InChI=1S/C11H17N3O3S/c1-4-5-17-10(9(3)18(12,15)16)11-13-6-8(2)7-14-11/h4,6-7,9-10H,1,5H2,2-3H3,(H2,12,15,16)/t9-,10-/m1/s1. The third-order valence-corrected chi connectivity index (χ3v) is 3.68. The molecule has 6 nitrogen and oxygen atoms in total. The highest BCUT2D eigenvalue weighted by molar-refractivity contribution is 7.89. The molecular weight excluding hydrogens is 254 g/mol. The van der Waals surface area contributed by atoms with E-state index in [0.29, 0.717) is 5.82 Å². The van der Waals surface area contributed by atoms with Crippen molar-refractivity contribution in [1.82, 2.24) is 9.97 Å². The minimum Gasteiger partial charge on any atom is -0.365 e. The molecule has 0 spiro atoms. The third kappa shape index (κ3) is 3.86. The fraction of sp³-hybridized carbons (Fsp3) is 0.455. The Hall–Kier alpha value is -1.31. The van der Waals surface area contributed by atoms with Crippen molar-refractivity contribution >= 4 is 10.0 Å². The number of rotatable bonds is 6. The first-order chi connectivity index (χ1) is 8.36.